The number of aryl methyl sites for hydroxylation is 2. The first-order valence-electron chi connectivity index (χ1n) is 8.61. The first-order chi connectivity index (χ1) is 12.1. The lowest BCUT2D eigenvalue weighted by molar-refractivity contribution is -0.131. The van der Waals surface area contributed by atoms with E-state index in [0.717, 1.165) is 30.1 Å². The molecule has 0 aliphatic carbocycles. The number of nitrogens with zero attached hydrogens (tertiary/aromatic N) is 4. The molecule has 1 amide bonds. The lowest BCUT2D eigenvalue weighted by atomic mass is 10.1. The molecule has 0 radical (unpaired) electrons. The largest absolute Gasteiger partial charge is 0.335 e. The van der Waals surface area contributed by atoms with E-state index >= 15 is 0 Å². The van der Waals surface area contributed by atoms with Gasteiger partial charge in [0, 0.05) is 26.7 Å². The number of aromatic nitrogens is 2. The van der Waals surface area contributed by atoms with Gasteiger partial charge in [-0.15, -0.1) is 0 Å². The number of fused-ring (bicyclic) bond motifs is 1. The highest BCUT2D eigenvalue weighted by molar-refractivity contribution is 5.84. The molecular formula is C20H22N4O. The molecule has 5 nitrogen and oxygen atoms in total. The van der Waals surface area contributed by atoms with Crippen LogP contribution in [-0.2, 0) is 18.4 Å². The molecule has 0 saturated carbocycles. The molecule has 0 bridgehead atoms. The van der Waals surface area contributed by atoms with Gasteiger partial charge in [0.05, 0.1) is 17.6 Å². The quantitative estimate of drug-likeness (QED) is 0.739. The Hall–Kier alpha value is -2.82. The van der Waals surface area contributed by atoms with Crippen LogP contribution >= 0.6 is 0 Å². The predicted molar refractivity (Wildman–Crippen MR) is 99.5 cm³/mol. The van der Waals surface area contributed by atoms with Gasteiger partial charge in [-0.25, -0.2) is 4.98 Å². The van der Waals surface area contributed by atoms with E-state index in [-0.39, 0.29) is 5.91 Å². The summed E-state index contributed by atoms with van der Waals surface area (Å²) in [6.07, 6.45) is 0. The van der Waals surface area contributed by atoms with Crippen LogP contribution in [0.4, 0.5) is 5.95 Å². The van der Waals surface area contributed by atoms with E-state index in [1.165, 1.54) is 11.1 Å². The highest BCUT2D eigenvalue weighted by Crippen LogP contribution is 2.22. The molecule has 5 heteroatoms. The monoisotopic (exact) mass is 334 g/mol. The van der Waals surface area contributed by atoms with Gasteiger partial charge >= 0.3 is 0 Å². The van der Waals surface area contributed by atoms with Crippen LogP contribution in [0.15, 0.2) is 48.5 Å². The van der Waals surface area contributed by atoms with Gasteiger partial charge in [-0.05, 0) is 24.6 Å². The van der Waals surface area contributed by atoms with Crippen LogP contribution in [0.1, 0.15) is 11.1 Å². The minimum absolute atomic E-state index is 0.153. The summed E-state index contributed by atoms with van der Waals surface area (Å²) in [6.45, 7) is 4.65. The Kier molecular flexibility index (Phi) is 3.92. The standard InChI is InChI=1S/C20H22N4O/c1-15-6-5-7-16(12-15)13-23-10-11-24(14-19(23)25)20-21-17-8-3-4-9-18(17)22(20)2/h3-9,12H,10-11,13-14H2,1-2H3. The zero-order valence-electron chi connectivity index (χ0n) is 14.6. The van der Waals surface area contributed by atoms with Gasteiger partial charge in [-0.2, -0.15) is 0 Å². The molecule has 2 heterocycles. The maximum Gasteiger partial charge on any atom is 0.242 e. The third-order valence-corrected chi connectivity index (χ3v) is 4.82. The first-order valence-corrected chi connectivity index (χ1v) is 8.61. The Morgan fingerprint density at radius 3 is 2.68 bits per heavy atom. The van der Waals surface area contributed by atoms with Gasteiger partial charge in [-0.3, -0.25) is 4.79 Å². The highest BCUT2D eigenvalue weighted by Gasteiger charge is 2.26. The Morgan fingerprint density at radius 1 is 1.08 bits per heavy atom. The van der Waals surface area contributed by atoms with Crippen LogP contribution in [0.2, 0.25) is 0 Å². The lowest BCUT2D eigenvalue weighted by Crippen LogP contribution is -2.50. The Bertz CT molecular complexity index is 930. The van der Waals surface area contributed by atoms with Crippen LogP contribution < -0.4 is 4.90 Å². The number of para-hydroxylation sites is 2. The van der Waals surface area contributed by atoms with Crippen molar-refractivity contribution in [3.05, 3.63) is 59.7 Å². The molecular weight excluding hydrogens is 312 g/mol. The molecule has 1 aliphatic rings. The minimum Gasteiger partial charge on any atom is -0.335 e. The SMILES string of the molecule is Cc1cccc(CN2CCN(c3nc4ccccc4n3C)CC2=O)c1. The third kappa shape index (κ3) is 2.97. The van der Waals surface area contributed by atoms with Crippen molar-refractivity contribution in [3.8, 4) is 0 Å². The van der Waals surface area contributed by atoms with E-state index in [2.05, 4.69) is 40.7 Å². The fourth-order valence-electron chi connectivity index (χ4n) is 3.49. The minimum atomic E-state index is 0.153. The van der Waals surface area contributed by atoms with Gasteiger partial charge < -0.3 is 14.4 Å². The number of carbonyl (C=O) groups excluding carboxylic acids is 1. The molecule has 1 aliphatic heterocycles. The number of amides is 1. The second-order valence-corrected chi connectivity index (χ2v) is 6.69. The molecule has 0 N–H and O–H groups in total. The average Bonchev–Trinajstić information content (AvgIpc) is 2.94. The van der Waals surface area contributed by atoms with Crippen LogP contribution in [0.5, 0.6) is 0 Å². The number of rotatable bonds is 3. The predicted octanol–water partition coefficient (Wildman–Crippen LogP) is 2.73. The third-order valence-electron chi connectivity index (χ3n) is 4.82. The van der Waals surface area contributed by atoms with Gasteiger partial charge in [0.1, 0.15) is 0 Å². The van der Waals surface area contributed by atoms with Crippen molar-refractivity contribution in [2.75, 3.05) is 24.5 Å². The van der Waals surface area contributed by atoms with E-state index < -0.39 is 0 Å². The summed E-state index contributed by atoms with van der Waals surface area (Å²) in [5.74, 6) is 1.02. The topological polar surface area (TPSA) is 41.4 Å². The number of imidazole rings is 1. The number of carbonyl (C=O) groups is 1. The van der Waals surface area contributed by atoms with E-state index in [1.54, 1.807) is 0 Å². The summed E-state index contributed by atoms with van der Waals surface area (Å²) < 4.78 is 2.07. The number of hydrogen-bond acceptors (Lipinski definition) is 3. The average molecular weight is 334 g/mol. The smallest absolute Gasteiger partial charge is 0.242 e. The molecule has 0 unspecified atom stereocenters. The summed E-state index contributed by atoms with van der Waals surface area (Å²) in [7, 11) is 2.01. The summed E-state index contributed by atoms with van der Waals surface area (Å²) >= 11 is 0. The Morgan fingerprint density at radius 2 is 1.92 bits per heavy atom. The number of anilines is 1. The molecule has 1 aromatic heterocycles. The van der Waals surface area contributed by atoms with Crippen molar-refractivity contribution < 1.29 is 4.79 Å². The molecule has 3 aromatic rings. The van der Waals surface area contributed by atoms with Gasteiger partial charge in [0.2, 0.25) is 11.9 Å². The molecule has 0 spiro atoms. The van der Waals surface area contributed by atoms with Gasteiger partial charge in [0.15, 0.2) is 0 Å². The molecule has 128 valence electrons. The van der Waals surface area contributed by atoms with E-state index in [1.807, 2.05) is 36.2 Å². The summed E-state index contributed by atoms with van der Waals surface area (Å²) in [5.41, 5.74) is 4.47. The van der Waals surface area contributed by atoms with Crippen molar-refractivity contribution in [1.29, 1.82) is 0 Å². The van der Waals surface area contributed by atoms with Crippen LogP contribution in [0, 0.1) is 6.92 Å². The van der Waals surface area contributed by atoms with Crippen LogP contribution in [-0.4, -0.2) is 40.0 Å². The van der Waals surface area contributed by atoms with E-state index in [4.69, 9.17) is 4.98 Å². The normalized spacial score (nSPS) is 15.2. The zero-order chi connectivity index (χ0) is 17.4. The number of benzene rings is 2. The van der Waals surface area contributed by atoms with Crippen molar-refractivity contribution in [2.45, 2.75) is 13.5 Å². The van der Waals surface area contributed by atoms with Crippen molar-refractivity contribution in [3.63, 3.8) is 0 Å². The fourth-order valence-corrected chi connectivity index (χ4v) is 3.49. The summed E-state index contributed by atoms with van der Waals surface area (Å²) in [5, 5.41) is 0. The Labute approximate surface area is 147 Å². The molecule has 4 rings (SSSR count). The summed E-state index contributed by atoms with van der Waals surface area (Å²) in [4.78, 5) is 21.4. The molecule has 2 aromatic carbocycles. The maximum atomic E-state index is 12.6. The van der Waals surface area contributed by atoms with Crippen LogP contribution in [0.25, 0.3) is 11.0 Å². The molecule has 1 fully saturated rings. The second kappa shape index (κ2) is 6.24. The summed E-state index contributed by atoms with van der Waals surface area (Å²) in [6, 6.07) is 16.4. The van der Waals surface area contributed by atoms with E-state index in [0.29, 0.717) is 13.1 Å². The number of piperazine rings is 1. The lowest BCUT2D eigenvalue weighted by Gasteiger charge is -2.35. The van der Waals surface area contributed by atoms with Gasteiger partial charge in [0.25, 0.3) is 0 Å². The second-order valence-electron chi connectivity index (χ2n) is 6.69. The van der Waals surface area contributed by atoms with E-state index in [9.17, 15) is 4.79 Å². The number of hydrogen-bond donors (Lipinski definition) is 0. The first kappa shape index (κ1) is 15.7. The molecule has 1 saturated heterocycles. The highest BCUT2D eigenvalue weighted by atomic mass is 16.2. The van der Waals surface area contributed by atoms with Crippen molar-refractivity contribution in [1.82, 2.24) is 14.5 Å². The van der Waals surface area contributed by atoms with Crippen LogP contribution in [0.3, 0.4) is 0 Å². The van der Waals surface area contributed by atoms with Crippen molar-refractivity contribution in [2.24, 2.45) is 7.05 Å². The molecule has 0 atom stereocenters. The molecule has 25 heavy (non-hydrogen) atoms. The maximum absolute atomic E-state index is 12.6. The Balaban J connectivity index is 1.51. The fraction of sp³-hybridized carbons (Fsp3) is 0.300. The van der Waals surface area contributed by atoms with Gasteiger partial charge in [-0.1, -0.05) is 42.0 Å². The zero-order valence-corrected chi connectivity index (χ0v) is 14.6. The van der Waals surface area contributed by atoms with Crippen molar-refractivity contribution >= 4 is 22.9 Å².